The van der Waals surface area contributed by atoms with Gasteiger partial charge >= 0.3 is 13.1 Å². The lowest BCUT2D eigenvalue weighted by atomic mass is 9.73. The highest BCUT2D eigenvalue weighted by atomic mass is 16.4. The second kappa shape index (κ2) is 11.7. The number of carboxylic acids is 1. The Morgan fingerprint density at radius 2 is 1.96 bits per heavy atom. The number of carbonyl (C=O) groups is 1. The molecule has 5 nitrogen and oxygen atoms in total. The molecule has 1 fully saturated rings. The van der Waals surface area contributed by atoms with Crippen LogP contribution in [0.3, 0.4) is 0 Å². The monoisotopic (exact) mass is 353 g/mol. The lowest BCUT2D eigenvalue weighted by Gasteiger charge is -2.39. The summed E-state index contributed by atoms with van der Waals surface area (Å²) in [5.74, 6) is -0.549. The Hall–Kier alpha value is -0.845. The number of allylic oxidation sites excluding steroid dienone is 1. The Kier molecular flexibility index (Phi) is 10.4. The van der Waals surface area contributed by atoms with E-state index in [1.807, 2.05) is 0 Å². The zero-order valence-corrected chi connectivity index (χ0v) is 15.8. The first-order valence-electron chi connectivity index (χ1n) is 9.91. The Morgan fingerprint density at radius 3 is 2.60 bits per heavy atom. The van der Waals surface area contributed by atoms with Crippen LogP contribution in [0.25, 0.3) is 0 Å². The highest BCUT2D eigenvalue weighted by molar-refractivity contribution is 6.40. The van der Waals surface area contributed by atoms with Gasteiger partial charge in [0.2, 0.25) is 0 Å². The summed E-state index contributed by atoms with van der Waals surface area (Å²) in [5, 5.41) is 31.1. The highest BCUT2D eigenvalue weighted by Crippen LogP contribution is 2.33. The van der Waals surface area contributed by atoms with Crippen LogP contribution >= 0.6 is 0 Å². The smallest absolute Gasteiger partial charge is 0.451 e. The van der Waals surface area contributed by atoms with Crippen molar-refractivity contribution < 1.29 is 19.9 Å². The van der Waals surface area contributed by atoms with Gasteiger partial charge in [0.05, 0.1) is 0 Å². The van der Waals surface area contributed by atoms with E-state index in [9.17, 15) is 9.90 Å². The third-order valence-electron chi connectivity index (χ3n) is 5.41. The maximum absolute atomic E-state index is 11.9. The van der Waals surface area contributed by atoms with Gasteiger partial charge in [0.25, 0.3) is 0 Å². The van der Waals surface area contributed by atoms with Crippen LogP contribution in [0.1, 0.15) is 77.6 Å². The molecule has 2 atom stereocenters. The molecule has 0 aliphatic carbocycles. The van der Waals surface area contributed by atoms with Gasteiger partial charge in [0.1, 0.15) is 5.54 Å². The number of aliphatic carboxylic acids is 1. The van der Waals surface area contributed by atoms with Crippen LogP contribution in [0.15, 0.2) is 12.2 Å². The molecular weight excluding hydrogens is 317 g/mol. The Bertz CT molecular complexity index is 416. The molecule has 0 aromatic rings. The summed E-state index contributed by atoms with van der Waals surface area (Å²) in [6.07, 6.45) is 10.7. The van der Waals surface area contributed by atoms with Crippen molar-refractivity contribution >= 4 is 13.1 Å². The van der Waals surface area contributed by atoms with Gasteiger partial charge in [-0.15, -0.1) is 0 Å². The van der Waals surface area contributed by atoms with Gasteiger partial charge in [-0.25, -0.2) is 0 Å². The first kappa shape index (κ1) is 22.2. The molecule has 0 aromatic heterocycles. The fraction of sp³-hybridized carbons (Fsp3) is 0.842. The van der Waals surface area contributed by atoms with E-state index < -0.39 is 18.6 Å². The van der Waals surface area contributed by atoms with Crippen LogP contribution < -0.4 is 5.32 Å². The van der Waals surface area contributed by atoms with E-state index in [0.29, 0.717) is 32.1 Å². The minimum absolute atomic E-state index is 0.233. The molecule has 0 aromatic carbocycles. The van der Waals surface area contributed by atoms with Crippen LogP contribution in [-0.2, 0) is 4.79 Å². The van der Waals surface area contributed by atoms with Crippen molar-refractivity contribution in [1.29, 1.82) is 0 Å². The van der Waals surface area contributed by atoms with Crippen LogP contribution in [0.4, 0.5) is 0 Å². The van der Waals surface area contributed by atoms with Gasteiger partial charge in [-0.1, -0.05) is 44.8 Å². The number of nitrogens with one attached hydrogen (secondary N) is 1. The van der Waals surface area contributed by atoms with Crippen molar-refractivity contribution in [3.63, 3.8) is 0 Å². The van der Waals surface area contributed by atoms with Crippen LogP contribution in [0.5, 0.6) is 0 Å². The number of carboxylic acid groups (broad SMARTS) is 1. The first-order valence-corrected chi connectivity index (χ1v) is 9.91. The van der Waals surface area contributed by atoms with Crippen LogP contribution in [0, 0.1) is 5.92 Å². The van der Waals surface area contributed by atoms with Crippen molar-refractivity contribution in [2.24, 2.45) is 5.92 Å². The van der Waals surface area contributed by atoms with Crippen LogP contribution in [0.2, 0.25) is 6.32 Å². The summed E-state index contributed by atoms with van der Waals surface area (Å²) < 4.78 is 0. The van der Waals surface area contributed by atoms with E-state index in [0.717, 1.165) is 25.7 Å². The third-order valence-corrected chi connectivity index (χ3v) is 5.41. The van der Waals surface area contributed by atoms with Gasteiger partial charge in [-0.3, -0.25) is 4.79 Å². The van der Waals surface area contributed by atoms with E-state index in [-0.39, 0.29) is 5.92 Å². The van der Waals surface area contributed by atoms with E-state index in [2.05, 4.69) is 18.8 Å². The molecule has 0 spiro atoms. The van der Waals surface area contributed by atoms with Crippen molar-refractivity contribution in [2.45, 2.75) is 89.4 Å². The van der Waals surface area contributed by atoms with Gasteiger partial charge in [0.15, 0.2) is 0 Å². The summed E-state index contributed by atoms with van der Waals surface area (Å²) in [5.41, 5.74) is 0.360. The van der Waals surface area contributed by atoms with Crippen molar-refractivity contribution in [3.05, 3.63) is 12.2 Å². The van der Waals surface area contributed by atoms with Gasteiger partial charge in [0, 0.05) is 0 Å². The number of hydrogen-bond acceptors (Lipinski definition) is 4. The zero-order valence-electron chi connectivity index (χ0n) is 15.8. The minimum Gasteiger partial charge on any atom is -0.480 e. The van der Waals surface area contributed by atoms with Crippen molar-refractivity contribution in [1.82, 2.24) is 5.32 Å². The molecule has 6 heteroatoms. The molecule has 0 amide bonds. The molecule has 0 saturated carbocycles. The van der Waals surface area contributed by atoms with Crippen molar-refractivity contribution in [2.75, 3.05) is 6.54 Å². The lowest BCUT2D eigenvalue weighted by molar-refractivity contribution is -0.147. The van der Waals surface area contributed by atoms with Gasteiger partial charge < -0.3 is 20.5 Å². The summed E-state index contributed by atoms with van der Waals surface area (Å²) >= 11 is 0. The summed E-state index contributed by atoms with van der Waals surface area (Å²) in [6, 6.07) is 0. The third kappa shape index (κ3) is 8.38. The van der Waals surface area contributed by atoms with E-state index in [4.69, 9.17) is 10.0 Å². The molecule has 144 valence electrons. The summed E-state index contributed by atoms with van der Waals surface area (Å²) in [6.45, 7) is 7.02. The molecule has 4 N–H and O–H groups in total. The molecule has 1 rings (SSSR count). The molecule has 1 heterocycles. The highest BCUT2D eigenvalue weighted by Gasteiger charge is 2.42. The molecule has 1 aliphatic heterocycles. The molecule has 25 heavy (non-hydrogen) atoms. The maximum Gasteiger partial charge on any atom is 0.451 e. The number of piperidine rings is 1. The number of unbranched alkanes of at least 4 members (excludes halogenated alkanes) is 3. The normalized spacial score (nSPS) is 23.4. The average molecular weight is 353 g/mol. The van der Waals surface area contributed by atoms with Gasteiger partial charge in [-0.2, -0.15) is 0 Å². The minimum atomic E-state index is -1.30. The second-order valence-corrected chi connectivity index (χ2v) is 7.65. The van der Waals surface area contributed by atoms with Gasteiger partial charge in [-0.05, 0) is 63.7 Å². The van der Waals surface area contributed by atoms with Crippen LogP contribution in [-0.4, -0.2) is 40.3 Å². The predicted octanol–water partition coefficient (Wildman–Crippen LogP) is 3.37. The predicted molar refractivity (Wildman–Crippen MR) is 102 cm³/mol. The quantitative estimate of drug-likeness (QED) is 0.232. The topological polar surface area (TPSA) is 89.8 Å². The molecule has 1 saturated heterocycles. The fourth-order valence-electron chi connectivity index (χ4n) is 3.84. The average Bonchev–Trinajstić information content (AvgIpc) is 2.57. The molecule has 1 aliphatic rings. The molecule has 0 radical (unpaired) electrons. The Morgan fingerprint density at radius 1 is 1.24 bits per heavy atom. The SMILES string of the molecule is C=C(CCCCCC)CCCC1(C(=O)O)CC(CCB(O)O)CCN1. The number of hydrogen-bond donors (Lipinski definition) is 4. The first-order chi connectivity index (χ1) is 11.9. The summed E-state index contributed by atoms with van der Waals surface area (Å²) in [4.78, 5) is 11.9. The van der Waals surface area contributed by atoms with E-state index >= 15 is 0 Å². The lowest BCUT2D eigenvalue weighted by Crippen LogP contribution is -2.56. The largest absolute Gasteiger partial charge is 0.480 e. The Balaban J connectivity index is 2.42. The van der Waals surface area contributed by atoms with Crippen molar-refractivity contribution in [3.8, 4) is 0 Å². The second-order valence-electron chi connectivity index (χ2n) is 7.65. The Labute approximate surface area is 153 Å². The maximum atomic E-state index is 11.9. The fourth-order valence-corrected chi connectivity index (χ4v) is 3.84. The summed E-state index contributed by atoms with van der Waals surface area (Å²) in [7, 11) is -1.30. The van der Waals surface area contributed by atoms with E-state index in [1.54, 1.807) is 0 Å². The molecule has 0 bridgehead atoms. The molecule has 2 unspecified atom stereocenters. The van der Waals surface area contributed by atoms with E-state index in [1.165, 1.54) is 31.3 Å². The standard InChI is InChI=1S/C19H36BNO4/c1-3-4-5-6-8-16(2)9-7-12-19(18(22)23)15-17(11-14-21-19)10-13-20(24)25/h17,21,24-25H,2-15H2,1H3,(H,22,23). The molecular formula is C19H36BNO4. The zero-order chi connectivity index (χ0) is 18.7. The number of rotatable bonds is 13.